The van der Waals surface area contributed by atoms with Crippen LogP contribution in [-0.2, 0) is 11.2 Å². The number of halogens is 1. The Labute approximate surface area is 189 Å². The van der Waals surface area contributed by atoms with E-state index in [4.69, 9.17) is 16.3 Å². The number of amides is 1. The highest BCUT2D eigenvalue weighted by Crippen LogP contribution is 2.29. The first kappa shape index (κ1) is 21.3. The third-order valence-corrected chi connectivity index (χ3v) is 6.45. The standard InChI is InChI=1S/C22H22ClN5O2S/c1-5-18-25-26-22-28(18)27-21(31-22)15-7-6-12(2)17(10-15)24-19(29)11-30-16-8-13(3)20(23)14(4)9-16/h6-10H,5,11H2,1-4H3,(H,24,29). The van der Waals surface area contributed by atoms with Crippen molar-refractivity contribution < 1.29 is 9.53 Å². The molecule has 1 amide bonds. The molecule has 0 saturated carbocycles. The molecule has 2 aromatic heterocycles. The number of fused-ring (bicyclic) bond motifs is 1. The zero-order chi connectivity index (χ0) is 22.1. The van der Waals surface area contributed by atoms with Crippen molar-refractivity contribution in [1.29, 1.82) is 0 Å². The van der Waals surface area contributed by atoms with E-state index in [0.717, 1.165) is 50.2 Å². The van der Waals surface area contributed by atoms with Gasteiger partial charge in [-0.25, -0.2) is 0 Å². The van der Waals surface area contributed by atoms with Crippen LogP contribution in [0.15, 0.2) is 30.3 Å². The number of anilines is 1. The monoisotopic (exact) mass is 455 g/mol. The molecule has 31 heavy (non-hydrogen) atoms. The molecule has 0 atom stereocenters. The molecule has 160 valence electrons. The Morgan fingerprint density at radius 2 is 1.87 bits per heavy atom. The number of aryl methyl sites for hydroxylation is 4. The highest BCUT2D eigenvalue weighted by Gasteiger charge is 2.14. The summed E-state index contributed by atoms with van der Waals surface area (Å²) in [5.74, 6) is 1.20. The minimum atomic E-state index is -0.239. The highest BCUT2D eigenvalue weighted by atomic mass is 35.5. The van der Waals surface area contributed by atoms with E-state index in [0.29, 0.717) is 10.8 Å². The van der Waals surface area contributed by atoms with Crippen LogP contribution in [0.5, 0.6) is 5.75 Å². The summed E-state index contributed by atoms with van der Waals surface area (Å²) in [6.45, 7) is 7.68. The fraction of sp³-hybridized carbons (Fsp3) is 0.273. The summed E-state index contributed by atoms with van der Waals surface area (Å²) in [4.78, 5) is 13.3. The summed E-state index contributed by atoms with van der Waals surface area (Å²) in [5.41, 5.74) is 4.40. The zero-order valence-corrected chi connectivity index (χ0v) is 19.3. The lowest BCUT2D eigenvalue weighted by atomic mass is 10.1. The molecule has 2 aromatic carbocycles. The first-order valence-corrected chi connectivity index (χ1v) is 11.1. The number of ether oxygens (including phenoxy) is 1. The fourth-order valence-corrected chi connectivity index (χ4v) is 4.17. The van der Waals surface area contributed by atoms with Crippen molar-refractivity contribution in [2.24, 2.45) is 0 Å². The Bertz CT molecular complexity index is 1260. The van der Waals surface area contributed by atoms with Crippen LogP contribution in [0.2, 0.25) is 5.02 Å². The van der Waals surface area contributed by atoms with Gasteiger partial charge in [0.1, 0.15) is 10.8 Å². The molecule has 0 aliphatic rings. The molecule has 0 bridgehead atoms. The first-order chi connectivity index (χ1) is 14.9. The summed E-state index contributed by atoms with van der Waals surface area (Å²) in [7, 11) is 0. The summed E-state index contributed by atoms with van der Waals surface area (Å²) in [6, 6.07) is 9.51. The van der Waals surface area contributed by atoms with E-state index in [9.17, 15) is 4.79 Å². The lowest BCUT2D eigenvalue weighted by Crippen LogP contribution is -2.20. The maximum atomic E-state index is 12.5. The number of nitrogens with one attached hydrogen (secondary N) is 1. The van der Waals surface area contributed by atoms with Gasteiger partial charge in [-0.15, -0.1) is 10.2 Å². The van der Waals surface area contributed by atoms with Gasteiger partial charge in [0.25, 0.3) is 5.91 Å². The Balaban J connectivity index is 1.49. The molecule has 0 aliphatic heterocycles. The summed E-state index contributed by atoms with van der Waals surface area (Å²) in [5, 5.41) is 17.4. The number of nitrogens with zero attached hydrogens (tertiary/aromatic N) is 4. The molecule has 0 aliphatic carbocycles. The van der Waals surface area contributed by atoms with E-state index in [1.165, 1.54) is 11.3 Å². The Kier molecular flexibility index (Phi) is 5.93. The number of hydrogen-bond donors (Lipinski definition) is 1. The molecule has 2 heterocycles. The van der Waals surface area contributed by atoms with Gasteiger partial charge in [-0.2, -0.15) is 9.61 Å². The summed E-state index contributed by atoms with van der Waals surface area (Å²) in [6.07, 6.45) is 0.756. The number of rotatable bonds is 6. The highest BCUT2D eigenvalue weighted by molar-refractivity contribution is 7.19. The van der Waals surface area contributed by atoms with E-state index in [2.05, 4.69) is 20.6 Å². The second kappa shape index (κ2) is 8.64. The van der Waals surface area contributed by atoms with E-state index in [1.807, 2.05) is 58.0 Å². The van der Waals surface area contributed by atoms with E-state index < -0.39 is 0 Å². The predicted molar refractivity (Wildman–Crippen MR) is 123 cm³/mol. The van der Waals surface area contributed by atoms with Gasteiger partial charge in [0.2, 0.25) is 4.96 Å². The number of carbonyl (C=O) groups excluding carboxylic acids is 1. The average Bonchev–Trinajstić information content (AvgIpc) is 3.32. The van der Waals surface area contributed by atoms with Crippen molar-refractivity contribution in [3.63, 3.8) is 0 Å². The van der Waals surface area contributed by atoms with Crippen molar-refractivity contribution in [3.05, 3.63) is 57.9 Å². The van der Waals surface area contributed by atoms with Crippen LogP contribution in [0.3, 0.4) is 0 Å². The van der Waals surface area contributed by atoms with Crippen LogP contribution < -0.4 is 10.1 Å². The molecule has 9 heteroatoms. The second-order valence-electron chi connectivity index (χ2n) is 7.31. The van der Waals surface area contributed by atoms with Crippen LogP contribution >= 0.6 is 22.9 Å². The molecule has 4 aromatic rings. The van der Waals surface area contributed by atoms with Gasteiger partial charge >= 0.3 is 0 Å². The van der Waals surface area contributed by atoms with E-state index in [-0.39, 0.29) is 12.5 Å². The molecule has 4 rings (SSSR count). The third-order valence-electron chi connectivity index (χ3n) is 4.91. The minimum Gasteiger partial charge on any atom is -0.484 e. The molecule has 0 saturated heterocycles. The van der Waals surface area contributed by atoms with Gasteiger partial charge in [-0.1, -0.05) is 42.0 Å². The summed E-state index contributed by atoms with van der Waals surface area (Å²) < 4.78 is 7.43. The molecule has 0 fully saturated rings. The average molecular weight is 456 g/mol. The van der Waals surface area contributed by atoms with Gasteiger partial charge in [-0.3, -0.25) is 4.79 Å². The topological polar surface area (TPSA) is 81.4 Å². The van der Waals surface area contributed by atoms with Gasteiger partial charge in [0.05, 0.1) is 0 Å². The Morgan fingerprint density at radius 1 is 1.13 bits per heavy atom. The largest absolute Gasteiger partial charge is 0.484 e. The van der Waals surface area contributed by atoms with Crippen molar-refractivity contribution in [3.8, 4) is 16.3 Å². The smallest absolute Gasteiger partial charge is 0.262 e. The van der Waals surface area contributed by atoms with Crippen molar-refractivity contribution >= 4 is 39.5 Å². The number of benzene rings is 2. The Morgan fingerprint density at radius 3 is 2.58 bits per heavy atom. The molecular formula is C22H22ClN5O2S. The molecule has 7 nitrogen and oxygen atoms in total. The predicted octanol–water partition coefficient (Wildman–Crippen LogP) is 5.01. The number of hydrogen-bond acceptors (Lipinski definition) is 6. The first-order valence-electron chi connectivity index (χ1n) is 9.87. The van der Waals surface area contributed by atoms with Gasteiger partial charge < -0.3 is 10.1 Å². The van der Waals surface area contributed by atoms with E-state index in [1.54, 1.807) is 4.52 Å². The fourth-order valence-electron chi connectivity index (χ4n) is 3.21. The molecular weight excluding hydrogens is 434 g/mol. The zero-order valence-electron chi connectivity index (χ0n) is 17.7. The maximum absolute atomic E-state index is 12.5. The quantitative estimate of drug-likeness (QED) is 0.442. The molecule has 0 unspecified atom stereocenters. The number of carbonyl (C=O) groups is 1. The summed E-state index contributed by atoms with van der Waals surface area (Å²) >= 11 is 7.65. The number of aromatic nitrogens is 4. The second-order valence-corrected chi connectivity index (χ2v) is 8.64. The molecule has 1 N–H and O–H groups in total. The molecule has 0 radical (unpaired) electrons. The van der Waals surface area contributed by atoms with Crippen molar-refractivity contribution in [2.75, 3.05) is 11.9 Å². The maximum Gasteiger partial charge on any atom is 0.262 e. The lowest BCUT2D eigenvalue weighted by molar-refractivity contribution is -0.118. The van der Waals surface area contributed by atoms with Crippen LogP contribution in [-0.4, -0.2) is 32.3 Å². The van der Waals surface area contributed by atoms with Crippen molar-refractivity contribution in [1.82, 2.24) is 19.8 Å². The van der Waals surface area contributed by atoms with Crippen molar-refractivity contribution in [2.45, 2.75) is 34.1 Å². The molecule has 0 spiro atoms. The minimum absolute atomic E-state index is 0.0964. The lowest BCUT2D eigenvalue weighted by Gasteiger charge is -2.12. The normalized spacial score (nSPS) is 11.1. The SMILES string of the molecule is CCc1nnc2sc(-c3ccc(C)c(NC(=O)COc4cc(C)c(Cl)c(C)c4)c3)nn12. The van der Waals surface area contributed by atoms with Crippen LogP contribution in [0.25, 0.3) is 15.5 Å². The van der Waals surface area contributed by atoms with Crippen LogP contribution in [0.1, 0.15) is 29.4 Å². The van der Waals surface area contributed by atoms with Gasteiger partial charge in [0, 0.05) is 22.7 Å². The third kappa shape index (κ3) is 4.40. The Hall–Kier alpha value is -2.97. The van der Waals surface area contributed by atoms with Gasteiger partial charge in [0.15, 0.2) is 12.4 Å². The van der Waals surface area contributed by atoms with Crippen LogP contribution in [0.4, 0.5) is 5.69 Å². The van der Waals surface area contributed by atoms with Gasteiger partial charge in [-0.05, 0) is 55.7 Å². The van der Waals surface area contributed by atoms with E-state index >= 15 is 0 Å². The van der Waals surface area contributed by atoms with Crippen LogP contribution in [0, 0.1) is 20.8 Å².